The third-order valence-electron chi connectivity index (χ3n) is 2.40. The van der Waals surface area contributed by atoms with Gasteiger partial charge in [-0.25, -0.2) is 0 Å². The van der Waals surface area contributed by atoms with E-state index in [0.29, 0.717) is 6.42 Å². The van der Waals surface area contributed by atoms with E-state index < -0.39 is 12.1 Å². The molecular weight excluding hydrogens is 143 g/mol. The van der Waals surface area contributed by atoms with Crippen molar-refractivity contribution < 1.29 is 13.2 Å². The first-order valence-electron chi connectivity index (χ1n) is 3.41. The molecule has 0 aromatic rings. The quantitative estimate of drug-likeness (QED) is 0.547. The Labute approximate surface area is 56.6 Å². The number of piperidine rings is 1. The summed E-state index contributed by atoms with van der Waals surface area (Å²) in [5, 5.41) is 2.83. The van der Waals surface area contributed by atoms with Crippen molar-refractivity contribution in [3.05, 3.63) is 0 Å². The first kappa shape index (κ1) is 6.46. The summed E-state index contributed by atoms with van der Waals surface area (Å²) in [6.07, 6.45) is -3.25. The highest BCUT2D eigenvalue weighted by Gasteiger charge is 2.65. The van der Waals surface area contributed by atoms with Gasteiger partial charge in [-0.3, -0.25) is 0 Å². The van der Waals surface area contributed by atoms with Crippen LogP contribution in [0.3, 0.4) is 0 Å². The van der Waals surface area contributed by atoms with Crippen LogP contribution >= 0.6 is 0 Å². The molecule has 4 heteroatoms. The van der Waals surface area contributed by atoms with Gasteiger partial charge in [-0.2, -0.15) is 13.2 Å². The highest BCUT2D eigenvalue weighted by Crippen LogP contribution is 2.54. The molecular formula is C6H8F3N. The van der Waals surface area contributed by atoms with Gasteiger partial charge in [0.1, 0.15) is 0 Å². The molecule has 1 aliphatic heterocycles. The van der Waals surface area contributed by atoms with Gasteiger partial charge in [0.2, 0.25) is 0 Å². The van der Waals surface area contributed by atoms with Gasteiger partial charge in [-0.15, -0.1) is 0 Å². The minimum atomic E-state index is -3.96. The van der Waals surface area contributed by atoms with Gasteiger partial charge >= 0.3 is 6.18 Å². The van der Waals surface area contributed by atoms with Crippen molar-refractivity contribution in [2.75, 3.05) is 6.54 Å². The van der Waals surface area contributed by atoms with Gasteiger partial charge in [-0.05, 0) is 18.9 Å². The molecule has 58 valence electrons. The van der Waals surface area contributed by atoms with Gasteiger partial charge in [-0.1, -0.05) is 0 Å². The molecule has 2 aliphatic rings. The topological polar surface area (TPSA) is 12.0 Å². The number of alkyl halides is 3. The first-order chi connectivity index (χ1) is 4.61. The predicted molar refractivity (Wildman–Crippen MR) is 29.4 cm³/mol. The summed E-state index contributed by atoms with van der Waals surface area (Å²) in [6.45, 7) is 0.766. The van der Waals surface area contributed by atoms with Crippen LogP contribution in [0, 0.1) is 11.8 Å². The monoisotopic (exact) mass is 151 g/mol. The second kappa shape index (κ2) is 1.67. The molecule has 0 aromatic heterocycles. The Kier molecular flexibility index (Phi) is 1.08. The fourth-order valence-electron chi connectivity index (χ4n) is 1.87. The van der Waals surface area contributed by atoms with Gasteiger partial charge in [0.05, 0.1) is 5.92 Å². The molecule has 1 N–H and O–H groups in total. The van der Waals surface area contributed by atoms with Crippen molar-refractivity contribution in [2.24, 2.45) is 11.8 Å². The summed E-state index contributed by atoms with van der Waals surface area (Å²) in [7, 11) is 0. The Morgan fingerprint density at radius 1 is 1.30 bits per heavy atom. The standard InChI is InChI=1S/C6H8F3N/c7-6(8,9)4-3-1-2-10-5(3)4/h3-5,10H,1-2H2. The molecule has 1 aliphatic carbocycles. The number of halogens is 3. The number of hydrogen-bond acceptors (Lipinski definition) is 1. The maximum absolute atomic E-state index is 11.9. The summed E-state index contributed by atoms with van der Waals surface area (Å²) < 4.78 is 35.8. The van der Waals surface area contributed by atoms with E-state index in [0.717, 1.165) is 6.54 Å². The molecule has 2 fully saturated rings. The minimum absolute atomic E-state index is 0.0972. The molecule has 1 heterocycles. The molecule has 0 radical (unpaired) electrons. The first-order valence-corrected chi connectivity index (χ1v) is 3.41. The Morgan fingerprint density at radius 2 is 2.00 bits per heavy atom. The van der Waals surface area contributed by atoms with Crippen molar-refractivity contribution in [1.29, 1.82) is 0 Å². The lowest BCUT2D eigenvalue weighted by Crippen LogP contribution is -2.24. The largest absolute Gasteiger partial charge is 0.393 e. The van der Waals surface area contributed by atoms with Crippen molar-refractivity contribution in [3.8, 4) is 0 Å². The zero-order chi connectivity index (χ0) is 7.35. The van der Waals surface area contributed by atoms with E-state index in [1.165, 1.54) is 0 Å². The maximum atomic E-state index is 11.9. The predicted octanol–water partition coefficient (Wildman–Crippen LogP) is 1.16. The molecule has 3 atom stereocenters. The molecule has 0 spiro atoms. The van der Waals surface area contributed by atoms with Crippen LogP contribution in [0.5, 0.6) is 0 Å². The van der Waals surface area contributed by atoms with Crippen LogP contribution in [0.1, 0.15) is 6.42 Å². The van der Waals surface area contributed by atoms with Crippen molar-refractivity contribution in [2.45, 2.75) is 18.6 Å². The van der Waals surface area contributed by atoms with Crippen LogP contribution in [0.2, 0.25) is 0 Å². The minimum Gasteiger partial charge on any atom is -0.313 e. The molecule has 0 amide bonds. The molecule has 0 bridgehead atoms. The Balaban J connectivity index is 2.01. The summed E-state index contributed by atoms with van der Waals surface area (Å²) in [4.78, 5) is 0. The molecule has 1 saturated carbocycles. The molecule has 2 rings (SSSR count). The van der Waals surface area contributed by atoms with Crippen LogP contribution in [-0.4, -0.2) is 18.8 Å². The van der Waals surface area contributed by atoms with Gasteiger partial charge in [0.15, 0.2) is 0 Å². The highest BCUT2D eigenvalue weighted by molar-refractivity contribution is 5.10. The number of nitrogens with one attached hydrogen (secondary N) is 1. The molecule has 3 unspecified atom stereocenters. The van der Waals surface area contributed by atoms with E-state index in [4.69, 9.17) is 0 Å². The Morgan fingerprint density at radius 3 is 2.30 bits per heavy atom. The van der Waals surface area contributed by atoms with Crippen molar-refractivity contribution in [1.82, 2.24) is 5.32 Å². The van der Waals surface area contributed by atoms with Gasteiger partial charge < -0.3 is 5.32 Å². The van der Waals surface area contributed by atoms with Crippen molar-refractivity contribution in [3.63, 3.8) is 0 Å². The highest BCUT2D eigenvalue weighted by atomic mass is 19.4. The van der Waals surface area contributed by atoms with E-state index in [1.807, 2.05) is 0 Å². The molecule has 10 heavy (non-hydrogen) atoms. The lowest BCUT2D eigenvalue weighted by atomic mass is 10.2. The summed E-state index contributed by atoms with van der Waals surface area (Å²) in [6, 6.07) is -0.236. The molecule has 1 saturated heterocycles. The fourth-order valence-corrected chi connectivity index (χ4v) is 1.87. The SMILES string of the molecule is FC(F)(F)C1C2CCNC21. The van der Waals surface area contributed by atoms with Crippen molar-refractivity contribution >= 4 is 0 Å². The lowest BCUT2D eigenvalue weighted by molar-refractivity contribution is -0.153. The second-order valence-corrected chi connectivity index (χ2v) is 3.00. The average molecular weight is 151 g/mol. The summed E-state index contributed by atoms with van der Waals surface area (Å²) >= 11 is 0. The third-order valence-corrected chi connectivity index (χ3v) is 2.40. The van der Waals surface area contributed by atoms with Crippen LogP contribution in [-0.2, 0) is 0 Å². The normalized spacial score (nSPS) is 45.3. The van der Waals surface area contributed by atoms with Crippen LogP contribution < -0.4 is 5.32 Å². The second-order valence-electron chi connectivity index (χ2n) is 3.00. The molecule has 1 nitrogen and oxygen atoms in total. The fraction of sp³-hybridized carbons (Fsp3) is 1.00. The Hall–Kier alpha value is -0.250. The van der Waals surface area contributed by atoms with E-state index in [-0.39, 0.29) is 12.0 Å². The zero-order valence-electron chi connectivity index (χ0n) is 5.28. The smallest absolute Gasteiger partial charge is 0.313 e. The van der Waals surface area contributed by atoms with E-state index in [1.54, 1.807) is 0 Å². The van der Waals surface area contributed by atoms with Gasteiger partial charge in [0.25, 0.3) is 0 Å². The summed E-state index contributed by atoms with van der Waals surface area (Å²) in [5.74, 6) is -1.12. The van der Waals surface area contributed by atoms with E-state index in [2.05, 4.69) is 5.32 Å². The zero-order valence-corrected chi connectivity index (χ0v) is 5.28. The van der Waals surface area contributed by atoms with E-state index >= 15 is 0 Å². The van der Waals surface area contributed by atoms with Crippen LogP contribution in [0.4, 0.5) is 13.2 Å². The Bertz CT molecular complexity index is 144. The molecule has 0 aromatic carbocycles. The number of fused-ring (bicyclic) bond motifs is 1. The third kappa shape index (κ3) is 0.746. The summed E-state index contributed by atoms with van der Waals surface area (Å²) in [5.41, 5.74) is 0. The van der Waals surface area contributed by atoms with Crippen LogP contribution in [0.15, 0.2) is 0 Å². The maximum Gasteiger partial charge on any atom is 0.393 e. The number of hydrogen-bond donors (Lipinski definition) is 1. The van der Waals surface area contributed by atoms with Gasteiger partial charge in [0, 0.05) is 6.04 Å². The van der Waals surface area contributed by atoms with E-state index in [9.17, 15) is 13.2 Å². The van der Waals surface area contributed by atoms with Crippen LogP contribution in [0.25, 0.3) is 0 Å². The number of rotatable bonds is 0. The lowest BCUT2D eigenvalue weighted by Gasteiger charge is -2.07. The average Bonchev–Trinajstić information content (AvgIpc) is 2.30.